The zero-order chi connectivity index (χ0) is 50.0. The molecule has 0 aromatic heterocycles. The first-order chi connectivity index (χ1) is 34.0. The van der Waals surface area contributed by atoms with Crippen molar-refractivity contribution >= 4 is 17.9 Å². The van der Waals surface area contributed by atoms with E-state index in [1.165, 1.54) is 83.5 Å². The highest BCUT2D eigenvalue weighted by Crippen LogP contribution is 2.15. The maximum Gasteiger partial charge on any atom is 0.306 e. The molecule has 0 aliphatic heterocycles. The van der Waals surface area contributed by atoms with Crippen molar-refractivity contribution in [1.82, 2.24) is 0 Å². The highest BCUT2D eigenvalue weighted by atomic mass is 16.6. The molecule has 0 aliphatic carbocycles. The SMILES string of the molecule is CC/C=C/C=C/C=C/CCCCCCCC(=O)OCC(COC(=O)CCCCCCCCCCC/C=C/C/C=C/C/C=C/CC)OC(=O)CCCCCCCCCCC/C=C/C/C=C/C/C=C/CC. The summed E-state index contributed by atoms with van der Waals surface area (Å²) in [6.45, 7) is 6.27. The van der Waals surface area contributed by atoms with Crippen molar-refractivity contribution in [3.8, 4) is 0 Å². The fourth-order valence-corrected chi connectivity index (χ4v) is 7.65. The molecule has 0 N–H and O–H groups in total. The molecular weight excluding hydrogens is 853 g/mol. The molecule has 0 fully saturated rings. The van der Waals surface area contributed by atoms with Crippen LogP contribution in [0.15, 0.2) is 109 Å². The van der Waals surface area contributed by atoms with E-state index < -0.39 is 6.10 Å². The number of esters is 3. The summed E-state index contributed by atoms with van der Waals surface area (Å²) < 4.78 is 16.8. The molecule has 69 heavy (non-hydrogen) atoms. The third kappa shape index (κ3) is 54.9. The van der Waals surface area contributed by atoms with Crippen LogP contribution in [0.3, 0.4) is 0 Å². The molecule has 392 valence electrons. The van der Waals surface area contributed by atoms with Gasteiger partial charge in [0.2, 0.25) is 0 Å². The van der Waals surface area contributed by atoms with Gasteiger partial charge in [-0.25, -0.2) is 0 Å². The second-order valence-corrected chi connectivity index (χ2v) is 18.5. The monoisotopic (exact) mass is 957 g/mol. The average Bonchev–Trinajstić information content (AvgIpc) is 3.35. The normalized spacial score (nSPS) is 12.9. The van der Waals surface area contributed by atoms with Crippen LogP contribution in [0.2, 0.25) is 0 Å². The van der Waals surface area contributed by atoms with E-state index in [-0.39, 0.29) is 31.1 Å². The summed E-state index contributed by atoms with van der Waals surface area (Å²) in [4.78, 5) is 38.2. The lowest BCUT2D eigenvalue weighted by Crippen LogP contribution is -2.30. The first-order valence-corrected chi connectivity index (χ1v) is 28.4. The first kappa shape index (κ1) is 65.1. The van der Waals surface area contributed by atoms with E-state index in [0.717, 1.165) is 128 Å². The summed E-state index contributed by atoms with van der Waals surface area (Å²) in [5, 5.41) is 0. The molecule has 0 heterocycles. The van der Waals surface area contributed by atoms with Crippen molar-refractivity contribution in [1.29, 1.82) is 0 Å². The minimum Gasteiger partial charge on any atom is -0.462 e. The lowest BCUT2D eigenvalue weighted by molar-refractivity contribution is -0.167. The van der Waals surface area contributed by atoms with E-state index >= 15 is 0 Å². The average molecular weight is 958 g/mol. The van der Waals surface area contributed by atoms with E-state index in [9.17, 15) is 14.4 Å². The second kappa shape index (κ2) is 56.7. The van der Waals surface area contributed by atoms with Crippen LogP contribution in [-0.4, -0.2) is 37.2 Å². The predicted molar refractivity (Wildman–Crippen MR) is 297 cm³/mol. The van der Waals surface area contributed by atoms with E-state index in [0.29, 0.717) is 19.3 Å². The molecule has 0 rings (SSSR count). The summed E-state index contributed by atoms with van der Waals surface area (Å²) in [5.41, 5.74) is 0. The van der Waals surface area contributed by atoms with Gasteiger partial charge in [0.1, 0.15) is 13.2 Å². The molecule has 6 heteroatoms. The minimum absolute atomic E-state index is 0.0911. The summed E-state index contributed by atoms with van der Waals surface area (Å²) in [6, 6.07) is 0. The summed E-state index contributed by atoms with van der Waals surface area (Å²) in [5.74, 6) is -0.922. The van der Waals surface area contributed by atoms with Crippen LogP contribution < -0.4 is 0 Å². The molecule has 0 bridgehead atoms. The molecule has 0 saturated carbocycles. The van der Waals surface area contributed by atoms with Crippen LogP contribution >= 0.6 is 0 Å². The maximum absolute atomic E-state index is 12.9. The van der Waals surface area contributed by atoms with Gasteiger partial charge in [-0.2, -0.15) is 0 Å². The largest absolute Gasteiger partial charge is 0.462 e. The number of allylic oxidation sites excluding steroid dienone is 18. The van der Waals surface area contributed by atoms with Gasteiger partial charge in [-0.3, -0.25) is 14.4 Å². The Morgan fingerprint density at radius 1 is 0.304 bits per heavy atom. The highest BCUT2D eigenvalue weighted by molar-refractivity contribution is 5.71. The standard InChI is InChI=1S/C63H104O6/c1-4-7-10-13-16-19-22-25-27-29-31-33-35-38-41-44-47-50-53-56-62(65)68-59-60(58-67-61(64)55-52-49-46-43-40-37-24-21-18-15-12-9-6-3)69-63(66)57-54-51-48-45-42-39-36-34-32-30-28-26-23-20-17-14-11-8-5-2/h7-12,15-21,24-28,60H,4-6,13-14,22-23,29-59H2,1-3H3/b10-7+,11-8+,12-9+,18-15+,19-16+,20-17+,24-21+,27-25+,28-26+. The molecule has 0 spiro atoms. The summed E-state index contributed by atoms with van der Waals surface area (Å²) in [6.07, 6.45) is 76.5. The number of ether oxygens (including phenoxy) is 3. The Kier molecular flexibility index (Phi) is 53.4. The highest BCUT2D eigenvalue weighted by Gasteiger charge is 2.19. The van der Waals surface area contributed by atoms with Gasteiger partial charge in [-0.1, -0.05) is 239 Å². The van der Waals surface area contributed by atoms with Crippen molar-refractivity contribution in [2.75, 3.05) is 13.2 Å². The Balaban J connectivity index is 4.40. The van der Waals surface area contributed by atoms with Crippen molar-refractivity contribution in [2.45, 2.75) is 258 Å². The van der Waals surface area contributed by atoms with E-state index in [1.54, 1.807) is 0 Å². The van der Waals surface area contributed by atoms with Crippen molar-refractivity contribution in [2.24, 2.45) is 0 Å². The maximum atomic E-state index is 12.9. The quantitative estimate of drug-likeness (QED) is 0.0199. The van der Waals surface area contributed by atoms with Gasteiger partial charge in [0.05, 0.1) is 0 Å². The zero-order valence-corrected chi connectivity index (χ0v) is 44.8. The van der Waals surface area contributed by atoms with Crippen LogP contribution in [-0.2, 0) is 28.6 Å². The zero-order valence-electron chi connectivity index (χ0n) is 44.8. The third-order valence-electron chi connectivity index (χ3n) is 11.8. The molecule has 0 saturated heterocycles. The number of unbranched alkanes of at least 4 members (excludes halogenated alkanes) is 23. The van der Waals surface area contributed by atoms with Crippen LogP contribution in [0.1, 0.15) is 252 Å². The molecule has 0 aromatic carbocycles. The molecule has 0 radical (unpaired) electrons. The van der Waals surface area contributed by atoms with Gasteiger partial charge in [-0.15, -0.1) is 0 Å². The number of rotatable bonds is 50. The Morgan fingerprint density at radius 3 is 0.971 bits per heavy atom. The molecule has 1 atom stereocenters. The Hall–Kier alpha value is -3.93. The first-order valence-electron chi connectivity index (χ1n) is 28.4. The predicted octanol–water partition coefficient (Wildman–Crippen LogP) is 19.1. The van der Waals surface area contributed by atoms with Crippen molar-refractivity contribution in [3.05, 3.63) is 109 Å². The van der Waals surface area contributed by atoms with Gasteiger partial charge < -0.3 is 14.2 Å². The number of hydrogen-bond acceptors (Lipinski definition) is 6. The lowest BCUT2D eigenvalue weighted by Gasteiger charge is -2.18. The smallest absolute Gasteiger partial charge is 0.306 e. The molecular formula is C63H104O6. The van der Waals surface area contributed by atoms with E-state index in [2.05, 4.69) is 130 Å². The van der Waals surface area contributed by atoms with Gasteiger partial charge in [0.15, 0.2) is 6.10 Å². The third-order valence-corrected chi connectivity index (χ3v) is 11.8. The molecule has 6 nitrogen and oxygen atoms in total. The Labute approximate surface area is 425 Å². The lowest BCUT2D eigenvalue weighted by atomic mass is 10.1. The molecule has 0 amide bonds. The van der Waals surface area contributed by atoms with Gasteiger partial charge in [0.25, 0.3) is 0 Å². The molecule has 1 unspecified atom stereocenters. The topological polar surface area (TPSA) is 78.9 Å². The number of carbonyl (C=O) groups is 3. The van der Waals surface area contributed by atoms with Gasteiger partial charge >= 0.3 is 17.9 Å². The molecule has 0 aromatic rings. The number of hydrogen-bond donors (Lipinski definition) is 0. The summed E-state index contributed by atoms with van der Waals surface area (Å²) in [7, 11) is 0. The van der Waals surface area contributed by atoms with Crippen LogP contribution in [0.5, 0.6) is 0 Å². The molecule has 0 aliphatic rings. The van der Waals surface area contributed by atoms with Crippen LogP contribution in [0.25, 0.3) is 0 Å². The van der Waals surface area contributed by atoms with Crippen LogP contribution in [0, 0.1) is 0 Å². The Morgan fingerprint density at radius 2 is 0.594 bits per heavy atom. The van der Waals surface area contributed by atoms with Gasteiger partial charge in [0, 0.05) is 19.3 Å². The second-order valence-electron chi connectivity index (χ2n) is 18.5. The van der Waals surface area contributed by atoms with E-state index in [4.69, 9.17) is 14.2 Å². The fraction of sp³-hybridized carbons (Fsp3) is 0.667. The van der Waals surface area contributed by atoms with Crippen molar-refractivity contribution < 1.29 is 28.6 Å². The Bertz CT molecular complexity index is 1420. The summed E-state index contributed by atoms with van der Waals surface area (Å²) >= 11 is 0. The fourth-order valence-electron chi connectivity index (χ4n) is 7.65. The van der Waals surface area contributed by atoms with Crippen molar-refractivity contribution in [3.63, 3.8) is 0 Å². The number of carbonyl (C=O) groups excluding carboxylic acids is 3. The van der Waals surface area contributed by atoms with Crippen LogP contribution in [0.4, 0.5) is 0 Å². The van der Waals surface area contributed by atoms with Gasteiger partial charge in [-0.05, 0) is 103 Å². The minimum atomic E-state index is -0.794. The van der Waals surface area contributed by atoms with E-state index in [1.807, 2.05) is 0 Å².